The Kier molecular flexibility index (Phi) is 2.59. The second kappa shape index (κ2) is 4.38. The molecule has 1 aliphatic carbocycles. The van der Waals surface area contributed by atoms with Crippen molar-refractivity contribution in [3.8, 4) is 11.1 Å². The van der Waals surface area contributed by atoms with Crippen LogP contribution in [0.4, 0.5) is 0 Å². The number of fused-ring (bicyclic) bond motifs is 7. The van der Waals surface area contributed by atoms with E-state index in [1.54, 1.807) is 0 Å². The van der Waals surface area contributed by atoms with Crippen molar-refractivity contribution in [2.24, 2.45) is 0 Å². The van der Waals surface area contributed by atoms with E-state index in [0.717, 1.165) is 0 Å². The SMILES string of the molecule is CC1(C)c2ccccc2-c2c1ccc1c2c2ccccc2n1I. The zero-order valence-electron chi connectivity index (χ0n) is 13.1. The second-order valence-corrected chi connectivity index (χ2v) is 7.82. The van der Waals surface area contributed by atoms with Crippen molar-refractivity contribution in [1.82, 2.24) is 2.78 Å². The minimum Gasteiger partial charge on any atom is -0.282 e. The molecule has 1 nitrogen and oxygen atoms in total. The van der Waals surface area contributed by atoms with Crippen LogP contribution in [0.25, 0.3) is 32.9 Å². The molecule has 23 heavy (non-hydrogen) atoms. The Bertz CT molecular complexity index is 1100. The van der Waals surface area contributed by atoms with Crippen LogP contribution in [0.2, 0.25) is 0 Å². The quantitative estimate of drug-likeness (QED) is 0.301. The summed E-state index contributed by atoms with van der Waals surface area (Å²) in [7, 11) is 0. The zero-order chi connectivity index (χ0) is 15.8. The van der Waals surface area contributed by atoms with E-state index in [9.17, 15) is 0 Å². The summed E-state index contributed by atoms with van der Waals surface area (Å²) in [6.45, 7) is 4.68. The first-order valence-corrected chi connectivity index (χ1v) is 8.90. The van der Waals surface area contributed by atoms with Gasteiger partial charge in [-0.25, -0.2) is 0 Å². The topological polar surface area (TPSA) is 4.93 Å². The number of hydrogen-bond acceptors (Lipinski definition) is 0. The van der Waals surface area contributed by atoms with Crippen molar-refractivity contribution < 1.29 is 0 Å². The second-order valence-electron chi connectivity index (χ2n) is 6.85. The fourth-order valence-electron chi connectivity index (χ4n) is 4.21. The molecule has 0 saturated heterocycles. The Balaban J connectivity index is 2.08. The normalized spacial score (nSPS) is 15.1. The molecule has 0 unspecified atom stereocenters. The highest BCUT2D eigenvalue weighted by atomic mass is 127. The number of rotatable bonds is 0. The van der Waals surface area contributed by atoms with Crippen LogP contribution in [-0.2, 0) is 5.41 Å². The number of benzene rings is 3. The maximum absolute atomic E-state index is 2.42. The highest BCUT2D eigenvalue weighted by Gasteiger charge is 2.36. The maximum atomic E-state index is 2.42. The van der Waals surface area contributed by atoms with Gasteiger partial charge in [0.2, 0.25) is 0 Å². The number of aromatic nitrogens is 1. The lowest BCUT2D eigenvalue weighted by atomic mass is 9.82. The molecule has 112 valence electrons. The van der Waals surface area contributed by atoms with Crippen LogP contribution in [-0.4, -0.2) is 2.78 Å². The summed E-state index contributed by atoms with van der Waals surface area (Å²) in [5, 5.41) is 2.74. The molecule has 4 aromatic rings. The zero-order valence-corrected chi connectivity index (χ0v) is 15.3. The molecular formula is C21H16IN. The van der Waals surface area contributed by atoms with E-state index in [1.165, 1.54) is 44.1 Å². The van der Waals surface area contributed by atoms with Gasteiger partial charge in [-0.3, -0.25) is 2.78 Å². The molecule has 5 rings (SSSR count). The Morgan fingerprint density at radius 1 is 0.783 bits per heavy atom. The van der Waals surface area contributed by atoms with Crippen molar-refractivity contribution in [3.05, 3.63) is 71.8 Å². The van der Waals surface area contributed by atoms with Crippen LogP contribution in [0.3, 0.4) is 0 Å². The van der Waals surface area contributed by atoms with Crippen molar-refractivity contribution >= 4 is 44.7 Å². The molecule has 0 radical (unpaired) electrons. The molecule has 0 spiro atoms. The average molecular weight is 409 g/mol. The molecule has 1 aromatic heterocycles. The third-order valence-corrected chi connectivity index (χ3v) is 6.36. The van der Waals surface area contributed by atoms with E-state index in [1.807, 2.05) is 0 Å². The summed E-state index contributed by atoms with van der Waals surface area (Å²) >= 11 is 2.42. The van der Waals surface area contributed by atoms with E-state index in [-0.39, 0.29) is 5.41 Å². The van der Waals surface area contributed by atoms with Gasteiger partial charge in [-0.2, -0.15) is 0 Å². The van der Waals surface area contributed by atoms with Crippen LogP contribution in [0.5, 0.6) is 0 Å². The van der Waals surface area contributed by atoms with Crippen LogP contribution in [0.15, 0.2) is 60.7 Å². The molecule has 0 aliphatic heterocycles. The number of para-hydroxylation sites is 1. The van der Waals surface area contributed by atoms with Gasteiger partial charge in [0.05, 0.1) is 33.9 Å². The number of hydrogen-bond donors (Lipinski definition) is 0. The van der Waals surface area contributed by atoms with Gasteiger partial charge >= 0.3 is 0 Å². The van der Waals surface area contributed by atoms with Gasteiger partial charge in [-0.05, 0) is 34.4 Å². The molecule has 0 N–H and O–H groups in total. The largest absolute Gasteiger partial charge is 0.282 e. The van der Waals surface area contributed by atoms with Crippen molar-refractivity contribution in [2.45, 2.75) is 19.3 Å². The predicted octanol–water partition coefficient (Wildman–Crippen LogP) is 6.30. The molecule has 0 amide bonds. The standard InChI is InChI=1S/C21H16IN/c1-21(2)15-9-5-3-7-13(15)19-16(21)11-12-18-20(19)14-8-4-6-10-17(14)23(18)22/h3-12H,1-2H3. The molecule has 1 heterocycles. The summed E-state index contributed by atoms with van der Waals surface area (Å²) in [6, 6.07) is 22.2. The van der Waals surface area contributed by atoms with Gasteiger partial charge in [-0.1, -0.05) is 62.4 Å². The Morgan fingerprint density at radius 2 is 1.52 bits per heavy atom. The molecular weight excluding hydrogens is 393 g/mol. The maximum Gasteiger partial charge on any atom is 0.0646 e. The predicted molar refractivity (Wildman–Crippen MR) is 106 cm³/mol. The Labute approximate surface area is 149 Å². The summed E-state index contributed by atoms with van der Waals surface area (Å²) in [5.41, 5.74) is 8.36. The van der Waals surface area contributed by atoms with Gasteiger partial charge < -0.3 is 0 Å². The third kappa shape index (κ3) is 1.57. The van der Waals surface area contributed by atoms with Gasteiger partial charge in [0.25, 0.3) is 0 Å². The van der Waals surface area contributed by atoms with Crippen molar-refractivity contribution in [3.63, 3.8) is 0 Å². The molecule has 1 aliphatic rings. The first kappa shape index (κ1) is 13.6. The summed E-state index contributed by atoms with van der Waals surface area (Å²) in [4.78, 5) is 0. The highest BCUT2D eigenvalue weighted by Crippen LogP contribution is 2.52. The molecule has 0 saturated carbocycles. The molecule has 2 heteroatoms. The summed E-state index contributed by atoms with van der Waals surface area (Å²) < 4.78 is 2.29. The average Bonchev–Trinajstić information content (AvgIpc) is 2.99. The van der Waals surface area contributed by atoms with E-state index >= 15 is 0 Å². The van der Waals surface area contributed by atoms with Crippen LogP contribution in [0, 0.1) is 0 Å². The smallest absolute Gasteiger partial charge is 0.0646 e. The first-order chi connectivity index (χ1) is 11.1. The van der Waals surface area contributed by atoms with Gasteiger partial charge in [0.15, 0.2) is 0 Å². The third-order valence-electron chi connectivity index (χ3n) is 5.32. The van der Waals surface area contributed by atoms with Gasteiger partial charge in [0.1, 0.15) is 0 Å². The van der Waals surface area contributed by atoms with Gasteiger partial charge in [0, 0.05) is 16.2 Å². The lowest BCUT2D eigenvalue weighted by Crippen LogP contribution is -2.14. The lowest BCUT2D eigenvalue weighted by molar-refractivity contribution is 0.661. The fraction of sp³-hybridized carbons (Fsp3) is 0.143. The van der Waals surface area contributed by atoms with Gasteiger partial charge in [-0.15, -0.1) is 0 Å². The summed E-state index contributed by atoms with van der Waals surface area (Å²) in [6.07, 6.45) is 0. The van der Waals surface area contributed by atoms with E-state index < -0.39 is 0 Å². The van der Waals surface area contributed by atoms with Crippen LogP contribution >= 0.6 is 22.9 Å². The van der Waals surface area contributed by atoms with E-state index in [2.05, 4.69) is 100 Å². The van der Waals surface area contributed by atoms with Crippen LogP contribution < -0.4 is 0 Å². The Morgan fingerprint density at radius 3 is 2.39 bits per heavy atom. The fourth-order valence-corrected chi connectivity index (χ4v) is 5.03. The van der Waals surface area contributed by atoms with Crippen LogP contribution in [0.1, 0.15) is 25.0 Å². The molecule has 0 atom stereocenters. The highest BCUT2D eigenvalue weighted by molar-refractivity contribution is 14.1. The lowest BCUT2D eigenvalue weighted by Gasteiger charge is -2.21. The van der Waals surface area contributed by atoms with Crippen molar-refractivity contribution in [1.29, 1.82) is 0 Å². The minimum atomic E-state index is 0.0641. The van der Waals surface area contributed by atoms with E-state index in [4.69, 9.17) is 0 Å². The number of nitrogens with zero attached hydrogens (tertiary/aromatic N) is 1. The minimum absolute atomic E-state index is 0.0641. The molecule has 3 aromatic carbocycles. The number of halogens is 1. The molecule has 0 fully saturated rings. The summed E-state index contributed by atoms with van der Waals surface area (Å²) in [5.74, 6) is 0. The monoisotopic (exact) mass is 409 g/mol. The van der Waals surface area contributed by atoms with Crippen molar-refractivity contribution in [2.75, 3.05) is 0 Å². The first-order valence-electron chi connectivity index (χ1n) is 7.93. The Hall–Kier alpha value is -1.81. The molecule has 0 bridgehead atoms. The van der Waals surface area contributed by atoms with E-state index in [0.29, 0.717) is 0 Å².